The highest BCUT2D eigenvalue weighted by Gasteiger charge is 2.18. The van der Waals surface area contributed by atoms with E-state index in [9.17, 15) is 14.7 Å². The van der Waals surface area contributed by atoms with Crippen LogP contribution in [0, 0.1) is 0 Å². The first-order chi connectivity index (χ1) is 10.6. The Balaban J connectivity index is 1.91. The second-order valence-electron chi connectivity index (χ2n) is 5.12. The van der Waals surface area contributed by atoms with E-state index in [2.05, 4.69) is 0 Å². The third-order valence-corrected chi connectivity index (χ3v) is 5.04. The van der Waals surface area contributed by atoms with E-state index in [0.717, 1.165) is 27.6 Å². The van der Waals surface area contributed by atoms with Gasteiger partial charge in [-0.15, -0.1) is 22.9 Å². The summed E-state index contributed by atoms with van der Waals surface area (Å²) < 4.78 is 0.969. The van der Waals surface area contributed by atoms with Crippen molar-refractivity contribution >= 4 is 50.5 Å². The topological polar surface area (TPSA) is 57.6 Å². The van der Waals surface area contributed by atoms with Crippen molar-refractivity contribution in [1.82, 2.24) is 4.90 Å². The Morgan fingerprint density at radius 1 is 1.36 bits per heavy atom. The molecule has 0 spiro atoms. The Hall–Kier alpha value is -1.85. The van der Waals surface area contributed by atoms with Gasteiger partial charge in [0.1, 0.15) is 5.88 Å². The van der Waals surface area contributed by atoms with Gasteiger partial charge in [-0.05, 0) is 29.7 Å². The summed E-state index contributed by atoms with van der Waals surface area (Å²) in [6.07, 6.45) is 2.77. The zero-order valence-corrected chi connectivity index (χ0v) is 13.3. The predicted octanol–water partition coefficient (Wildman–Crippen LogP) is 3.45. The van der Waals surface area contributed by atoms with E-state index in [1.165, 1.54) is 11.3 Å². The van der Waals surface area contributed by atoms with Crippen molar-refractivity contribution in [3.63, 3.8) is 0 Å². The molecular weight excluding hydrogens is 322 g/mol. The van der Waals surface area contributed by atoms with E-state index in [1.807, 2.05) is 24.3 Å². The number of carbonyl (C=O) groups is 2. The molecule has 1 aliphatic heterocycles. The molecule has 2 aromatic rings. The highest BCUT2D eigenvalue weighted by molar-refractivity contribution is 7.17. The summed E-state index contributed by atoms with van der Waals surface area (Å²) in [6.45, 7) is 1.19. The summed E-state index contributed by atoms with van der Waals surface area (Å²) in [6, 6.07) is 5.90. The van der Waals surface area contributed by atoms with Crippen LogP contribution >= 0.6 is 22.9 Å². The maximum Gasteiger partial charge on any atom is 0.337 e. The van der Waals surface area contributed by atoms with Gasteiger partial charge in [0.15, 0.2) is 0 Å². The van der Waals surface area contributed by atoms with E-state index in [0.29, 0.717) is 18.7 Å². The molecule has 0 saturated heterocycles. The summed E-state index contributed by atoms with van der Waals surface area (Å²) in [5.74, 6) is -0.954. The van der Waals surface area contributed by atoms with E-state index >= 15 is 0 Å². The van der Waals surface area contributed by atoms with Gasteiger partial charge in [-0.3, -0.25) is 4.79 Å². The number of fused-ring (bicyclic) bond motifs is 1. The average molecular weight is 336 g/mol. The second kappa shape index (κ2) is 6.10. The number of rotatable bonds is 3. The summed E-state index contributed by atoms with van der Waals surface area (Å²) in [4.78, 5) is 24.5. The average Bonchev–Trinajstić information content (AvgIpc) is 2.97. The van der Waals surface area contributed by atoms with Gasteiger partial charge in [0.2, 0.25) is 5.91 Å². The van der Waals surface area contributed by atoms with Gasteiger partial charge in [0.25, 0.3) is 0 Å². The van der Waals surface area contributed by atoms with Crippen LogP contribution in [0.1, 0.15) is 22.3 Å². The third kappa shape index (κ3) is 2.74. The lowest BCUT2D eigenvalue weighted by atomic mass is 9.97. The standard InChI is InChI=1S/C16H14ClNO3S/c17-8-15(19)18-5-3-10(4-6-18)11-1-2-14-12(7-11)13(9-22-14)16(20)21/h1-3,7,9H,4-6,8H2,(H,20,21). The summed E-state index contributed by atoms with van der Waals surface area (Å²) in [5.41, 5.74) is 2.51. The van der Waals surface area contributed by atoms with Gasteiger partial charge in [-0.2, -0.15) is 0 Å². The number of thiophene rings is 1. The molecule has 0 atom stereocenters. The zero-order valence-electron chi connectivity index (χ0n) is 11.7. The maximum absolute atomic E-state index is 11.6. The number of hydrogen-bond donors (Lipinski definition) is 1. The highest BCUT2D eigenvalue weighted by Crippen LogP contribution is 2.31. The number of alkyl halides is 1. The highest BCUT2D eigenvalue weighted by atomic mass is 35.5. The van der Waals surface area contributed by atoms with Crippen LogP contribution in [0.5, 0.6) is 0 Å². The molecule has 0 bridgehead atoms. The lowest BCUT2D eigenvalue weighted by molar-refractivity contribution is -0.128. The molecule has 114 valence electrons. The van der Waals surface area contributed by atoms with Crippen LogP contribution < -0.4 is 0 Å². The normalized spacial score (nSPS) is 15.0. The van der Waals surface area contributed by atoms with Gasteiger partial charge in [-0.1, -0.05) is 12.1 Å². The number of carbonyl (C=O) groups excluding carboxylic acids is 1. The van der Waals surface area contributed by atoms with Crippen molar-refractivity contribution in [1.29, 1.82) is 0 Å². The molecule has 3 rings (SSSR count). The molecule has 22 heavy (non-hydrogen) atoms. The van der Waals surface area contributed by atoms with Crippen molar-refractivity contribution in [3.05, 3.63) is 40.8 Å². The quantitative estimate of drug-likeness (QED) is 0.874. The Morgan fingerprint density at radius 3 is 2.82 bits per heavy atom. The number of nitrogens with zero attached hydrogens (tertiary/aromatic N) is 1. The molecule has 0 unspecified atom stereocenters. The van der Waals surface area contributed by atoms with Crippen molar-refractivity contribution in [2.75, 3.05) is 19.0 Å². The molecule has 0 saturated carbocycles. The predicted molar refractivity (Wildman–Crippen MR) is 88.7 cm³/mol. The van der Waals surface area contributed by atoms with E-state index in [4.69, 9.17) is 11.6 Å². The molecule has 1 amide bonds. The number of amides is 1. The number of carboxylic acids is 1. The van der Waals surface area contributed by atoms with Crippen LogP contribution in [0.2, 0.25) is 0 Å². The monoisotopic (exact) mass is 335 g/mol. The van der Waals surface area contributed by atoms with E-state index in [1.54, 1.807) is 10.3 Å². The van der Waals surface area contributed by atoms with Crippen LogP contribution in [-0.4, -0.2) is 40.9 Å². The minimum absolute atomic E-state index is 0.00596. The summed E-state index contributed by atoms with van der Waals surface area (Å²) >= 11 is 7.01. The molecule has 1 aliphatic rings. The van der Waals surface area contributed by atoms with Crippen molar-refractivity contribution in [2.45, 2.75) is 6.42 Å². The van der Waals surface area contributed by atoms with Gasteiger partial charge in [-0.25, -0.2) is 4.79 Å². The molecule has 1 N–H and O–H groups in total. The lowest BCUT2D eigenvalue weighted by Gasteiger charge is -2.26. The Bertz CT molecular complexity index is 781. The smallest absolute Gasteiger partial charge is 0.337 e. The lowest BCUT2D eigenvalue weighted by Crippen LogP contribution is -2.35. The molecule has 2 heterocycles. The van der Waals surface area contributed by atoms with E-state index in [-0.39, 0.29) is 11.8 Å². The van der Waals surface area contributed by atoms with Crippen LogP contribution in [0.15, 0.2) is 29.7 Å². The van der Waals surface area contributed by atoms with E-state index < -0.39 is 5.97 Å². The van der Waals surface area contributed by atoms with Crippen molar-refractivity contribution < 1.29 is 14.7 Å². The third-order valence-electron chi connectivity index (χ3n) is 3.85. The zero-order chi connectivity index (χ0) is 15.7. The fraction of sp³-hybridized carbons (Fsp3) is 0.250. The summed E-state index contributed by atoms with van der Waals surface area (Å²) in [7, 11) is 0. The van der Waals surface area contributed by atoms with Gasteiger partial charge >= 0.3 is 5.97 Å². The minimum atomic E-state index is -0.903. The van der Waals surface area contributed by atoms with Gasteiger partial charge in [0, 0.05) is 28.6 Å². The second-order valence-corrected chi connectivity index (χ2v) is 6.30. The number of hydrogen-bond acceptors (Lipinski definition) is 3. The van der Waals surface area contributed by atoms with Gasteiger partial charge < -0.3 is 10.0 Å². The molecule has 6 heteroatoms. The van der Waals surface area contributed by atoms with Crippen LogP contribution in [0.25, 0.3) is 15.7 Å². The molecule has 1 aromatic heterocycles. The molecule has 0 fully saturated rings. The molecule has 0 aliphatic carbocycles. The molecular formula is C16H14ClNO3S. The number of carboxylic acid groups (broad SMARTS) is 1. The molecule has 4 nitrogen and oxygen atoms in total. The fourth-order valence-corrected chi connectivity index (χ4v) is 3.72. The maximum atomic E-state index is 11.6. The number of benzene rings is 1. The number of halogens is 1. The van der Waals surface area contributed by atoms with Crippen LogP contribution in [-0.2, 0) is 4.79 Å². The first-order valence-corrected chi connectivity index (χ1v) is 8.29. The minimum Gasteiger partial charge on any atom is -0.478 e. The fourth-order valence-electron chi connectivity index (χ4n) is 2.64. The number of aromatic carboxylic acids is 1. The van der Waals surface area contributed by atoms with Crippen LogP contribution in [0.3, 0.4) is 0 Å². The molecule has 0 radical (unpaired) electrons. The Kier molecular flexibility index (Phi) is 4.18. The SMILES string of the molecule is O=C(O)c1csc2ccc(C3=CCN(C(=O)CCl)CC3)cc12. The van der Waals surface area contributed by atoms with Crippen LogP contribution in [0.4, 0.5) is 0 Å². The Morgan fingerprint density at radius 2 is 2.18 bits per heavy atom. The largest absolute Gasteiger partial charge is 0.478 e. The van der Waals surface area contributed by atoms with Crippen molar-refractivity contribution in [2.24, 2.45) is 0 Å². The summed E-state index contributed by atoms with van der Waals surface area (Å²) in [5, 5.41) is 11.7. The van der Waals surface area contributed by atoms with Gasteiger partial charge in [0.05, 0.1) is 5.56 Å². The van der Waals surface area contributed by atoms with Crippen molar-refractivity contribution in [3.8, 4) is 0 Å². The Labute approximate surface area is 136 Å². The molecule has 1 aromatic carbocycles. The first-order valence-electron chi connectivity index (χ1n) is 6.88. The first kappa shape index (κ1) is 15.1.